The summed E-state index contributed by atoms with van der Waals surface area (Å²) in [5.41, 5.74) is 4.92. The van der Waals surface area contributed by atoms with E-state index < -0.39 is 24.4 Å². The van der Waals surface area contributed by atoms with Crippen molar-refractivity contribution in [3.05, 3.63) is 87.2 Å². The average molecular weight is 444 g/mol. The molecular weight excluding hydrogens is 420 g/mol. The molecule has 1 aromatic heterocycles. The van der Waals surface area contributed by atoms with Crippen molar-refractivity contribution in [1.29, 1.82) is 0 Å². The van der Waals surface area contributed by atoms with Crippen molar-refractivity contribution in [3.63, 3.8) is 0 Å². The van der Waals surface area contributed by atoms with Crippen LogP contribution < -0.4 is 4.90 Å². The van der Waals surface area contributed by atoms with Gasteiger partial charge in [0.25, 0.3) is 11.8 Å². The quantitative estimate of drug-likeness (QED) is 0.336. The number of benzene rings is 2. The summed E-state index contributed by atoms with van der Waals surface area (Å²) in [4.78, 5) is 52.2. The van der Waals surface area contributed by atoms with Gasteiger partial charge in [0.1, 0.15) is 0 Å². The van der Waals surface area contributed by atoms with Gasteiger partial charge in [0, 0.05) is 24.0 Å². The van der Waals surface area contributed by atoms with Gasteiger partial charge in [-0.2, -0.15) is 0 Å². The van der Waals surface area contributed by atoms with Crippen molar-refractivity contribution in [2.75, 3.05) is 11.5 Å². The molecule has 0 aliphatic carbocycles. The summed E-state index contributed by atoms with van der Waals surface area (Å²) in [7, 11) is 1.86. The molecule has 0 bridgehead atoms. The molecule has 1 aliphatic heterocycles. The van der Waals surface area contributed by atoms with E-state index in [0.717, 1.165) is 27.4 Å². The van der Waals surface area contributed by atoms with Gasteiger partial charge in [-0.05, 0) is 69.2 Å². The lowest BCUT2D eigenvalue weighted by molar-refractivity contribution is 0.0474. The third-order valence-corrected chi connectivity index (χ3v) is 6.14. The van der Waals surface area contributed by atoms with E-state index in [2.05, 4.69) is 0 Å². The van der Waals surface area contributed by atoms with Crippen LogP contribution in [0.15, 0.2) is 42.5 Å². The van der Waals surface area contributed by atoms with E-state index >= 15 is 0 Å². The summed E-state index contributed by atoms with van der Waals surface area (Å²) in [6.45, 7) is 7.01. The smallest absolute Gasteiger partial charge is 0.338 e. The van der Waals surface area contributed by atoms with Crippen LogP contribution in [0.1, 0.15) is 63.9 Å². The topological polar surface area (TPSA) is 85.7 Å². The number of carbonyl (C=O) groups is 4. The Bertz CT molecular complexity index is 1350. The standard InChI is InChI=1S/C26H24N2O5/c1-14-6-7-15(2)22(10-14)28-24(30)19-9-8-18(12-21(19)25(28)31)26(32)33-13-23(29)20-11-16(3)27(5)17(20)4/h6-12H,13H2,1-5H3. The van der Waals surface area contributed by atoms with Gasteiger partial charge in [-0.3, -0.25) is 14.4 Å². The number of esters is 1. The molecule has 2 aromatic carbocycles. The van der Waals surface area contributed by atoms with Crippen LogP contribution in [0, 0.1) is 27.7 Å². The molecule has 7 nitrogen and oxygen atoms in total. The number of fused-ring (bicyclic) bond motifs is 1. The highest BCUT2D eigenvalue weighted by molar-refractivity contribution is 6.35. The number of anilines is 1. The van der Waals surface area contributed by atoms with E-state index in [1.165, 1.54) is 18.2 Å². The highest BCUT2D eigenvalue weighted by Crippen LogP contribution is 2.32. The van der Waals surface area contributed by atoms with Gasteiger partial charge in [-0.25, -0.2) is 9.69 Å². The second kappa shape index (κ2) is 8.16. The molecule has 4 rings (SSSR count). The summed E-state index contributed by atoms with van der Waals surface area (Å²) >= 11 is 0. The molecule has 0 saturated heterocycles. The van der Waals surface area contributed by atoms with Gasteiger partial charge < -0.3 is 9.30 Å². The van der Waals surface area contributed by atoms with Crippen molar-refractivity contribution < 1.29 is 23.9 Å². The fraction of sp³-hybridized carbons (Fsp3) is 0.231. The Morgan fingerprint density at radius 2 is 1.58 bits per heavy atom. The maximum Gasteiger partial charge on any atom is 0.338 e. The van der Waals surface area contributed by atoms with E-state index in [-0.39, 0.29) is 22.5 Å². The number of nitrogens with zero attached hydrogens (tertiary/aromatic N) is 2. The highest BCUT2D eigenvalue weighted by Gasteiger charge is 2.38. The number of imide groups is 1. The first-order valence-electron chi connectivity index (χ1n) is 10.5. The number of aryl methyl sites for hydroxylation is 3. The monoisotopic (exact) mass is 444 g/mol. The normalized spacial score (nSPS) is 12.8. The largest absolute Gasteiger partial charge is 0.454 e. The van der Waals surface area contributed by atoms with Gasteiger partial charge in [0.15, 0.2) is 6.61 Å². The van der Waals surface area contributed by atoms with E-state index in [4.69, 9.17) is 4.74 Å². The SMILES string of the molecule is Cc1ccc(C)c(N2C(=O)c3ccc(C(=O)OCC(=O)c4cc(C)n(C)c4C)cc3C2=O)c1. The van der Waals surface area contributed by atoms with Crippen molar-refractivity contribution in [2.45, 2.75) is 27.7 Å². The van der Waals surface area contributed by atoms with Crippen molar-refractivity contribution in [2.24, 2.45) is 7.05 Å². The molecule has 3 aromatic rings. The molecule has 7 heteroatoms. The Labute approximate surface area is 191 Å². The van der Waals surface area contributed by atoms with Crippen LogP contribution in [-0.4, -0.2) is 34.7 Å². The van der Waals surface area contributed by atoms with Gasteiger partial charge >= 0.3 is 5.97 Å². The zero-order valence-electron chi connectivity index (χ0n) is 19.2. The molecule has 0 radical (unpaired) electrons. The summed E-state index contributed by atoms with van der Waals surface area (Å²) in [6, 6.07) is 11.5. The Morgan fingerprint density at radius 3 is 2.24 bits per heavy atom. The molecule has 0 spiro atoms. The molecule has 2 heterocycles. The van der Waals surface area contributed by atoms with Crippen LogP contribution in [0.3, 0.4) is 0 Å². The lowest BCUT2D eigenvalue weighted by Gasteiger charge is -2.17. The Hall–Kier alpha value is -4.00. The zero-order valence-corrected chi connectivity index (χ0v) is 19.2. The number of hydrogen-bond donors (Lipinski definition) is 0. The Kier molecular flexibility index (Phi) is 5.49. The minimum Gasteiger partial charge on any atom is -0.454 e. The summed E-state index contributed by atoms with van der Waals surface area (Å²) < 4.78 is 7.10. The summed E-state index contributed by atoms with van der Waals surface area (Å²) in [6.07, 6.45) is 0. The number of amides is 2. The maximum atomic E-state index is 13.1. The number of hydrogen-bond acceptors (Lipinski definition) is 5. The molecule has 2 amide bonds. The zero-order chi connectivity index (χ0) is 24.0. The van der Waals surface area contributed by atoms with Crippen LogP contribution in [0.5, 0.6) is 0 Å². The molecule has 0 N–H and O–H groups in total. The van der Waals surface area contributed by atoms with Crippen LogP contribution in [0.4, 0.5) is 5.69 Å². The molecular formula is C26H24N2O5. The van der Waals surface area contributed by atoms with E-state index in [1.54, 1.807) is 12.1 Å². The molecule has 0 fully saturated rings. The number of ether oxygens (including phenoxy) is 1. The first kappa shape index (κ1) is 22.2. The minimum absolute atomic E-state index is 0.103. The average Bonchev–Trinajstić information content (AvgIpc) is 3.20. The molecule has 33 heavy (non-hydrogen) atoms. The third kappa shape index (κ3) is 3.75. The lowest BCUT2D eigenvalue weighted by Crippen LogP contribution is -2.30. The third-order valence-electron chi connectivity index (χ3n) is 6.14. The maximum absolute atomic E-state index is 13.1. The Morgan fingerprint density at radius 1 is 0.879 bits per heavy atom. The molecule has 0 saturated carbocycles. The molecule has 168 valence electrons. The second-order valence-corrected chi connectivity index (χ2v) is 8.34. The fourth-order valence-electron chi connectivity index (χ4n) is 3.98. The second-order valence-electron chi connectivity index (χ2n) is 8.34. The van der Waals surface area contributed by atoms with E-state index in [1.807, 2.05) is 51.4 Å². The van der Waals surface area contributed by atoms with Gasteiger partial charge in [0.05, 0.1) is 22.4 Å². The van der Waals surface area contributed by atoms with Crippen LogP contribution in [0.25, 0.3) is 0 Å². The first-order chi connectivity index (χ1) is 15.6. The summed E-state index contributed by atoms with van der Waals surface area (Å²) in [5.74, 6) is -1.97. The minimum atomic E-state index is -0.734. The molecule has 0 atom stereocenters. The van der Waals surface area contributed by atoms with Gasteiger partial charge in [0.2, 0.25) is 5.78 Å². The number of aromatic nitrogens is 1. The number of Topliss-reactive ketones (excluding diaryl/α,β-unsaturated/α-hetero) is 1. The first-order valence-corrected chi connectivity index (χ1v) is 10.5. The van der Waals surface area contributed by atoms with Crippen LogP contribution >= 0.6 is 0 Å². The Balaban J connectivity index is 1.54. The van der Waals surface area contributed by atoms with Gasteiger partial charge in [-0.15, -0.1) is 0 Å². The van der Waals surface area contributed by atoms with E-state index in [9.17, 15) is 19.2 Å². The molecule has 0 unspecified atom stereocenters. The van der Waals surface area contributed by atoms with Gasteiger partial charge in [-0.1, -0.05) is 12.1 Å². The fourth-order valence-corrected chi connectivity index (χ4v) is 3.98. The number of rotatable bonds is 5. The highest BCUT2D eigenvalue weighted by atomic mass is 16.5. The predicted octanol–water partition coefficient (Wildman–Crippen LogP) is 4.10. The van der Waals surface area contributed by atoms with Crippen molar-refractivity contribution in [1.82, 2.24) is 4.57 Å². The number of carbonyl (C=O) groups excluding carboxylic acids is 4. The van der Waals surface area contributed by atoms with Crippen LogP contribution in [0.2, 0.25) is 0 Å². The molecule has 1 aliphatic rings. The van der Waals surface area contributed by atoms with Crippen molar-refractivity contribution in [3.8, 4) is 0 Å². The van der Waals surface area contributed by atoms with E-state index in [0.29, 0.717) is 11.3 Å². The van der Waals surface area contributed by atoms with Crippen molar-refractivity contribution >= 4 is 29.3 Å². The summed E-state index contributed by atoms with van der Waals surface area (Å²) in [5, 5.41) is 0. The lowest BCUT2D eigenvalue weighted by atomic mass is 10.1. The van der Waals surface area contributed by atoms with Crippen LogP contribution in [-0.2, 0) is 11.8 Å². The number of ketones is 1. The predicted molar refractivity (Wildman–Crippen MR) is 123 cm³/mol.